The van der Waals surface area contributed by atoms with Crippen molar-refractivity contribution < 1.29 is 10.1 Å². The Labute approximate surface area is 99.0 Å². The zero-order valence-electron chi connectivity index (χ0n) is 11.2. The van der Waals surface area contributed by atoms with E-state index in [-0.39, 0.29) is 16.2 Å². The van der Waals surface area contributed by atoms with Gasteiger partial charge in [0.25, 0.3) is 0 Å². The van der Waals surface area contributed by atoms with E-state index < -0.39 is 0 Å². The number of nitrogens with one attached hydrogen (secondary N) is 1. The van der Waals surface area contributed by atoms with Gasteiger partial charge in [-0.3, -0.25) is 0 Å². The number of hydroxylamine groups is 2. The fraction of sp³-hybridized carbons (Fsp3) is 0.846. The molecule has 0 amide bonds. The molecular formula is C13H25NO2. The third kappa shape index (κ3) is 2.65. The van der Waals surface area contributed by atoms with Gasteiger partial charge in [0, 0.05) is 11.3 Å². The molecule has 0 saturated carbocycles. The number of hydrogen-bond donors (Lipinski definition) is 1. The van der Waals surface area contributed by atoms with Gasteiger partial charge in [-0.15, -0.1) is 6.58 Å². The van der Waals surface area contributed by atoms with Gasteiger partial charge in [0.2, 0.25) is 0 Å². The van der Waals surface area contributed by atoms with Gasteiger partial charge in [-0.1, -0.05) is 19.4 Å². The summed E-state index contributed by atoms with van der Waals surface area (Å²) in [5.41, 5.74) is 0.839. The molecule has 2 unspecified atom stereocenters. The predicted molar refractivity (Wildman–Crippen MR) is 65.7 cm³/mol. The second-order valence-corrected chi connectivity index (χ2v) is 6.10. The Bertz CT molecular complexity index is 271. The van der Waals surface area contributed by atoms with E-state index >= 15 is 0 Å². The summed E-state index contributed by atoms with van der Waals surface area (Å²) in [6, 6.07) is 0. The van der Waals surface area contributed by atoms with Gasteiger partial charge in [0.1, 0.15) is 12.1 Å². The van der Waals surface area contributed by atoms with Crippen LogP contribution in [0.2, 0.25) is 0 Å². The highest BCUT2D eigenvalue weighted by Gasteiger charge is 2.50. The third-order valence-corrected chi connectivity index (χ3v) is 4.27. The Morgan fingerprint density at radius 1 is 1.44 bits per heavy atom. The lowest BCUT2D eigenvalue weighted by molar-refractivity contribution is -1.08. The Hall–Kier alpha value is -0.380. The van der Waals surface area contributed by atoms with E-state index in [4.69, 9.17) is 4.84 Å². The quantitative estimate of drug-likeness (QED) is 0.592. The first-order valence-electron chi connectivity index (χ1n) is 6.03. The largest absolute Gasteiger partial charge is 0.600 e. The van der Waals surface area contributed by atoms with E-state index in [9.17, 15) is 5.21 Å². The summed E-state index contributed by atoms with van der Waals surface area (Å²) in [6.45, 7) is 14.9. The third-order valence-electron chi connectivity index (χ3n) is 4.27. The van der Waals surface area contributed by atoms with Crippen LogP contribution >= 0.6 is 0 Å². The molecule has 1 saturated heterocycles. The molecule has 3 heteroatoms. The molecule has 0 spiro atoms. The minimum atomic E-state index is -0.373. The normalized spacial score (nSPS) is 32.4. The molecule has 0 bridgehead atoms. The zero-order chi connectivity index (χ0) is 12.6. The molecular weight excluding hydrogens is 202 g/mol. The predicted octanol–water partition coefficient (Wildman–Crippen LogP) is 2.09. The highest BCUT2D eigenvalue weighted by atomic mass is 16.9. The lowest BCUT2D eigenvalue weighted by Gasteiger charge is -2.51. The molecule has 94 valence electrons. The standard InChI is InChI=1S/C13H25NO2/c1-10(2)7-8-11-9-14(15)16-13(5,6)12(11,3)4/h11,14H,1,7-9H2,2-6H3. The molecule has 1 fully saturated rings. The van der Waals surface area contributed by atoms with Crippen molar-refractivity contribution in [3.05, 3.63) is 17.4 Å². The number of allylic oxidation sites excluding steroid dienone is 1. The van der Waals surface area contributed by atoms with Gasteiger partial charge in [0.15, 0.2) is 0 Å². The minimum absolute atomic E-state index is 0.0242. The van der Waals surface area contributed by atoms with E-state index in [2.05, 4.69) is 20.4 Å². The fourth-order valence-corrected chi connectivity index (χ4v) is 2.29. The van der Waals surface area contributed by atoms with E-state index in [0.29, 0.717) is 12.5 Å². The van der Waals surface area contributed by atoms with Gasteiger partial charge in [-0.25, -0.2) is 5.23 Å². The molecule has 1 heterocycles. The van der Waals surface area contributed by atoms with E-state index in [1.807, 2.05) is 20.8 Å². The Balaban J connectivity index is 2.77. The Morgan fingerprint density at radius 3 is 2.50 bits per heavy atom. The van der Waals surface area contributed by atoms with Gasteiger partial charge >= 0.3 is 0 Å². The van der Waals surface area contributed by atoms with Crippen molar-refractivity contribution in [2.24, 2.45) is 11.3 Å². The average Bonchev–Trinajstić information content (AvgIpc) is 2.08. The van der Waals surface area contributed by atoms with E-state index in [1.165, 1.54) is 5.57 Å². The smallest absolute Gasteiger partial charge is 0.128 e. The molecule has 0 aromatic heterocycles. The Kier molecular flexibility index (Phi) is 3.83. The Morgan fingerprint density at radius 2 is 2.00 bits per heavy atom. The maximum Gasteiger partial charge on any atom is 0.128 e. The molecule has 0 radical (unpaired) electrons. The molecule has 1 aliphatic rings. The summed E-state index contributed by atoms with van der Waals surface area (Å²) in [6.07, 6.45) is 2.03. The van der Waals surface area contributed by atoms with Crippen molar-refractivity contribution in [3.63, 3.8) is 0 Å². The van der Waals surface area contributed by atoms with Crippen LogP contribution in [0.25, 0.3) is 0 Å². The summed E-state index contributed by atoms with van der Waals surface area (Å²) in [5.74, 6) is 0.389. The van der Waals surface area contributed by atoms with E-state index in [0.717, 1.165) is 12.8 Å². The summed E-state index contributed by atoms with van der Waals surface area (Å²) in [4.78, 5) is 5.46. The molecule has 0 aromatic rings. The molecule has 2 atom stereocenters. The van der Waals surface area contributed by atoms with Crippen molar-refractivity contribution in [2.45, 2.75) is 53.1 Å². The first kappa shape index (κ1) is 13.7. The van der Waals surface area contributed by atoms with Crippen LogP contribution in [0.3, 0.4) is 0 Å². The average molecular weight is 227 g/mol. The van der Waals surface area contributed by atoms with Crippen LogP contribution in [-0.4, -0.2) is 12.1 Å². The molecule has 1 N–H and O–H groups in total. The SMILES string of the molecule is C=C(C)CCC1C[NH+]([O-])OC(C)(C)C1(C)C. The molecule has 16 heavy (non-hydrogen) atoms. The van der Waals surface area contributed by atoms with Gasteiger partial charge in [0.05, 0.1) is 0 Å². The van der Waals surface area contributed by atoms with Crippen LogP contribution in [0.1, 0.15) is 47.5 Å². The highest BCUT2D eigenvalue weighted by Crippen LogP contribution is 2.43. The number of hydrogen-bond acceptors (Lipinski definition) is 2. The monoisotopic (exact) mass is 227 g/mol. The maximum atomic E-state index is 11.6. The van der Waals surface area contributed by atoms with Crippen LogP contribution in [0.15, 0.2) is 12.2 Å². The van der Waals surface area contributed by atoms with Crippen LogP contribution in [0.5, 0.6) is 0 Å². The van der Waals surface area contributed by atoms with Crippen LogP contribution < -0.4 is 5.23 Å². The molecule has 0 aromatic carbocycles. The van der Waals surface area contributed by atoms with Crippen molar-refractivity contribution in [3.8, 4) is 0 Å². The summed E-state index contributed by atoms with van der Waals surface area (Å²) in [7, 11) is 0. The van der Waals surface area contributed by atoms with Crippen molar-refractivity contribution >= 4 is 0 Å². The highest BCUT2D eigenvalue weighted by molar-refractivity contribution is 4.96. The number of rotatable bonds is 3. The van der Waals surface area contributed by atoms with Crippen LogP contribution in [-0.2, 0) is 4.84 Å². The maximum absolute atomic E-state index is 11.6. The lowest BCUT2D eigenvalue weighted by Crippen LogP contribution is -3.11. The van der Waals surface area contributed by atoms with Crippen LogP contribution in [0, 0.1) is 16.5 Å². The summed E-state index contributed by atoms with van der Waals surface area (Å²) >= 11 is 0. The first-order valence-corrected chi connectivity index (χ1v) is 6.03. The topological polar surface area (TPSA) is 36.7 Å². The second kappa shape index (κ2) is 4.47. The lowest BCUT2D eigenvalue weighted by atomic mass is 9.65. The van der Waals surface area contributed by atoms with Gasteiger partial charge in [-0.05, 0) is 33.6 Å². The second-order valence-electron chi connectivity index (χ2n) is 6.10. The molecule has 1 rings (SSSR count). The first-order chi connectivity index (χ1) is 7.17. The zero-order valence-corrected chi connectivity index (χ0v) is 11.2. The van der Waals surface area contributed by atoms with Crippen molar-refractivity contribution in [2.75, 3.05) is 6.54 Å². The summed E-state index contributed by atoms with van der Waals surface area (Å²) in [5, 5.41) is 11.5. The summed E-state index contributed by atoms with van der Waals surface area (Å²) < 4.78 is 0. The van der Waals surface area contributed by atoms with Crippen molar-refractivity contribution in [1.29, 1.82) is 0 Å². The molecule has 3 nitrogen and oxygen atoms in total. The van der Waals surface area contributed by atoms with E-state index in [1.54, 1.807) is 0 Å². The fourth-order valence-electron chi connectivity index (χ4n) is 2.29. The van der Waals surface area contributed by atoms with Crippen LogP contribution in [0.4, 0.5) is 0 Å². The minimum Gasteiger partial charge on any atom is -0.600 e. The molecule has 1 aliphatic heterocycles. The van der Waals surface area contributed by atoms with Gasteiger partial charge < -0.3 is 5.21 Å². The molecule has 0 aliphatic carbocycles. The van der Waals surface area contributed by atoms with Crippen molar-refractivity contribution in [1.82, 2.24) is 0 Å². The van der Waals surface area contributed by atoms with Gasteiger partial charge in [-0.2, -0.15) is 4.84 Å². The number of quaternary nitrogens is 1.